The second-order valence-electron chi connectivity index (χ2n) is 3.99. The van der Waals surface area contributed by atoms with Crippen LogP contribution in [0.25, 0.3) is 6.08 Å². The van der Waals surface area contributed by atoms with Gasteiger partial charge in [0.2, 0.25) is 0 Å². The average molecular weight is 256 g/mol. The first-order chi connectivity index (χ1) is 9.06. The highest BCUT2D eigenvalue weighted by Crippen LogP contribution is 2.23. The lowest BCUT2D eigenvalue weighted by Crippen LogP contribution is -1.93. The number of hydrogen-bond acceptors (Lipinski definition) is 4. The van der Waals surface area contributed by atoms with E-state index in [4.69, 9.17) is 0 Å². The molecule has 2 aromatic carbocycles. The molecule has 4 heteroatoms. The van der Waals surface area contributed by atoms with Gasteiger partial charge in [0, 0.05) is 11.1 Å². The quantitative estimate of drug-likeness (QED) is 0.448. The van der Waals surface area contributed by atoms with Gasteiger partial charge in [0.1, 0.15) is 17.2 Å². The van der Waals surface area contributed by atoms with Crippen molar-refractivity contribution in [2.75, 3.05) is 0 Å². The van der Waals surface area contributed by atoms with Crippen LogP contribution in [0, 0.1) is 0 Å². The molecule has 0 aliphatic rings. The number of aromatic hydroxyl groups is 3. The molecule has 19 heavy (non-hydrogen) atoms. The molecule has 0 atom stereocenters. The first-order valence-electron chi connectivity index (χ1n) is 5.60. The van der Waals surface area contributed by atoms with Gasteiger partial charge in [-0.15, -0.1) is 0 Å². The number of carbonyl (C=O) groups is 1. The zero-order chi connectivity index (χ0) is 13.8. The molecule has 0 saturated heterocycles. The molecule has 0 unspecified atom stereocenters. The van der Waals surface area contributed by atoms with Crippen molar-refractivity contribution < 1.29 is 20.1 Å². The minimum atomic E-state index is -0.307. The Morgan fingerprint density at radius 1 is 0.947 bits per heavy atom. The second-order valence-corrected chi connectivity index (χ2v) is 3.99. The van der Waals surface area contributed by atoms with Crippen LogP contribution < -0.4 is 0 Å². The Hall–Kier alpha value is -2.75. The fourth-order valence-electron chi connectivity index (χ4n) is 1.60. The minimum absolute atomic E-state index is 0.00209. The van der Waals surface area contributed by atoms with Crippen molar-refractivity contribution in [1.29, 1.82) is 0 Å². The molecule has 3 N–H and O–H groups in total. The van der Waals surface area contributed by atoms with E-state index >= 15 is 0 Å². The Balaban J connectivity index is 2.23. The topological polar surface area (TPSA) is 77.8 Å². The molecule has 0 heterocycles. The van der Waals surface area contributed by atoms with Gasteiger partial charge in [0.25, 0.3) is 0 Å². The van der Waals surface area contributed by atoms with Crippen molar-refractivity contribution in [3.63, 3.8) is 0 Å². The lowest BCUT2D eigenvalue weighted by molar-refractivity contribution is 0.104. The maximum atomic E-state index is 11.8. The van der Waals surface area contributed by atoms with E-state index in [1.54, 1.807) is 12.1 Å². The third-order valence-corrected chi connectivity index (χ3v) is 2.56. The van der Waals surface area contributed by atoms with Crippen LogP contribution in [-0.4, -0.2) is 21.1 Å². The van der Waals surface area contributed by atoms with Crippen LogP contribution in [0.2, 0.25) is 0 Å². The molecule has 2 rings (SSSR count). The fourth-order valence-corrected chi connectivity index (χ4v) is 1.60. The first kappa shape index (κ1) is 12.7. The van der Waals surface area contributed by atoms with Crippen LogP contribution in [0.15, 0.2) is 48.5 Å². The van der Waals surface area contributed by atoms with E-state index in [9.17, 15) is 20.1 Å². The molecule has 0 amide bonds. The molecule has 0 bridgehead atoms. The van der Waals surface area contributed by atoms with Crippen LogP contribution in [-0.2, 0) is 0 Å². The lowest BCUT2D eigenvalue weighted by atomic mass is 10.1. The van der Waals surface area contributed by atoms with Crippen molar-refractivity contribution in [2.24, 2.45) is 0 Å². The summed E-state index contributed by atoms with van der Waals surface area (Å²) in [5, 5.41) is 28.1. The van der Waals surface area contributed by atoms with Crippen LogP contribution >= 0.6 is 0 Å². The number of phenols is 3. The summed E-state index contributed by atoms with van der Waals surface area (Å²) < 4.78 is 0. The molecule has 0 radical (unpaired) electrons. The van der Waals surface area contributed by atoms with E-state index in [-0.39, 0.29) is 23.0 Å². The highest BCUT2D eigenvalue weighted by molar-refractivity contribution is 6.07. The number of ketones is 1. The van der Waals surface area contributed by atoms with E-state index in [1.165, 1.54) is 42.5 Å². The Kier molecular flexibility index (Phi) is 3.52. The monoisotopic (exact) mass is 256 g/mol. The summed E-state index contributed by atoms with van der Waals surface area (Å²) in [6.45, 7) is 0. The molecular formula is C15H12O4. The first-order valence-corrected chi connectivity index (χ1v) is 5.60. The smallest absolute Gasteiger partial charge is 0.185 e. The van der Waals surface area contributed by atoms with E-state index in [1.807, 2.05) is 0 Å². The molecule has 0 saturated carbocycles. The molecule has 2 aromatic rings. The Bertz CT molecular complexity index is 644. The summed E-state index contributed by atoms with van der Waals surface area (Å²) in [4.78, 5) is 11.8. The molecule has 96 valence electrons. The van der Waals surface area contributed by atoms with E-state index in [0.717, 1.165) is 0 Å². The van der Waals surface area contributed by atoms with Gasteiger partial charge in [-0.05, 0) is 42.5 Å². The number of carbonyl (C=O) groups excluding carboxylic acids is 1. The number of benzene rings is 2. The van der Waals surface area contributed by atoms with Gasteiger partial charge in [-0.25, -0.2) is 0 Å². The fraction of sp³-hybridized carbons (Fsp3) is 0. The van der Waals surface area contributed by atoms with Crippen molar-refractivity contribution >= 4 is 11.9 Å². The largest absolute Gasteiger partial charge is 0.508 e. The van der Waals surface area contributed by atoms with E-state index < -0.39 is 0 Å². The Labute approximate surface area is 109 Å². The highest BCUT2D eigenvalue weighted by atomic mass is 16.3. The zero-order valence-electron chi connectivity index (χ0n) is 9.95. The third-order valence-electron chi connectivity index (χ3n) is 2.56. The summed E-state index contributed by atoms with van der Waals surface area (Å²) in [6.07, 6.45) is 2.67. The number of hydrogen-bond donors (Lipinski definition) is 3. The predicted molar refractivity (Wildman–Crippen MR) is 71.2 cm³/mol. The van der Waals surface area contributed by atoms with Gasteiger partial charge in [0.05, 0.1) is 0 Å². The van der Waals surface area contributed by atoms with Gasteiger partial charge in [-0.1, -0.05) is 12.1 Å². The SMILES string of the molecule is O=C(C=Cc1cc(O)ccc1O)c1cccc(O)c1. The van der Waals surface area contributed by atoms with Gasteiger partial charge in [-0.3, -0.25) is 4.79 Å². The molecular weight excluding hydrogens is 244 g/mol. The van der Waals surface area contributed by atoms with Crippen molar-refractivity contribution in [3.05, 3.63) is 59.7 Å². The molecule has 4 nitrogen and oxygen atoms in total. The minimum Gasteiger partial charge on any atom is -0.508 e. The summed E-state index contributed by atoms with van der Waals surface area (Å²) in [5.41, 5.74) is 0.685. The summed E-state index contributed by atoms with van der Waals surface area (Å²) in [7, 11) is 0. The summed E-state index contributed by atoms with van der Waals surface area (Å²) in [6, 6.07) is 10.0. The molecule has 0 aliphatic carbocycles. The number of allylic oxidation sites excluding steroid dienone is 1. The second kappa shape index (κ2) is 5.27. The predicted octanol–water partition coefficient (Wildman–Crippen LogP) is 2.70. The van der Waals surface area contributed by atoms with Crippen LogP contribution in [0.4, 0.5) is 0 Å². The molecule has 0 fully saturated rings. The molecule has 0 aromatic heterocycles. The normalized spacial score (nSPS) is 10.7. The molecule has 0 aliphatic heterocycles. The zero-order valence-corrected chi connectivity index (χ0v) is 9.95. The lowest BCUT2D eigenvalue weighted by Gasteiger charge is -2.00. The maximum absolute atomic E-state index is 11.8. The van der Waals surface area contributed by atoms with Gasteiger partial charge < -0.3 is 15.3 Å². The van der Waals surface area contributed by atoms with Crippen molar-refractivity contribution in [3.8, 4) is 17.2 Å². The van der Waals surface area contributed by atoms with Crippen molar-refractivity contribution in [2.45, 2.75) is 0 Å². The standard InChI is InChI=1S/C15H12O4/c16-12-3-1-2-10(8-12)14(18)6-4-11-9-13(17)5-7-15(11)19/h1-9,16-17,19H. The van der Waals surface area contributed by atoms with Gasteiger partial charge in [-0.2, -0.15) is 0 Å². The summed E-state index contributed by atoms with van der Waals surface area (Å²) >= 11 is 0. The third kappa shape index (κ3) is 3.13. The van der Waals surface area contributed by atoms with E-state index in [2.05, 4.69) is 0 Å². The van der Waals surface area contributed by atoms with Crippen LogP contribution in [0.3, 0.4) is 0 Å². The number of phenolic OH excluding ortho intramolecular Hbond substituents is 3. The number of rotatable bonds is 3. The molecule has 0 spiro atoms. The van der Waals surface area contributed by atoms with Gasteiger partial charge in [0.15, 0.2) is 5.78 Å². The highest BCUT2D eigenvalue weighted by Gasteiger charge is 2.04. The van der Waals surface area contributed by atoms with Crippen LogP contribution in [0.5, 0.6) is 17.2 Å². The van der Waals surface area contributed by atoms with Gasteiger partial charge >= 0.3 is 0 Å². The average Bonchev–Trinajstić information content (AvgIpc) is 2.39. The maximum Gasteiger partial charge on any atom is 0.185 e. The summed E-state index contributed by atoms with van der Waals surface area (Å²) in [5.74, 6) is -0.321. The Morgan fingerprint density at radius 2 is 1.68 bits per heavy atom. The van der Waals surface area contributed by atoms with E-state index in [0.29, 0.717) is 11.1 Å². The Morgan fingerprint density at radius 3 is 2.42 bits per heavy atom. The van der Waals surface area contributed by atoms with Crippen LogP contribution in [0.1, 0.15) is 15.9 Å². The van der Waals surface area contributed by atoms with Crippen molar-refractivity contribution in [1.82, 2.24) is 0 Å².